The van der Waals surface area contributed by atoms with E-state index in [-0.39, 0.29) is 11.9 Å². The van der Waals surface area contributed by atoms with Crippen LogP contribution in [0.1, 0.15) is 43.7 Å². The minimum Gasteiger partial charge on any atom is -0.342 e. The second kappa shape index (κ2) is 6.08. The van der Waals surface area contributed by atoms with Crippen LogP contribution in [0.4, 0.5) is 0 Å². The molecule has 7 heteroatoms. The summed E-state index contributed by atoms with van der Waals surface area (Å²) >= 11 is 0. The fraction of sp³-hybridized carbons (Fsp3) is 0.500. The molecule has 1 aliphatic heterocycles. The Morgan fingerprint density at radius 1 is 1.48 bits per heavy atom. The average molecular weight is 315 g/mol. The molecule has 3 heterocycles. The third-order valence-electron chi connectivity index (χ3n) is 4.33. The summed E-state index contributed by atoms with van der Waals surface area (Å²) in [5.74, 6) is 0.946. The number of nitrogens with zero attached hydrogens (tertiary/aromatic N) is 4. The van der Waals surface area contributed by atoms with Crippen molar-refractivity contribution in [1.29, 1.82) is 0 Å². The highest BCUT2D eigenvalue weighted by atomic mass is 16.5. The molecular formula is C16H21N5O2. The molecule has 122 valence electrons. The number of pyridine rings is 1. The molecular weight excluding hydrogens is 294 g/mol. The molecule has 0 unspecified atom stereocenters. The number of carbonyl (C=O) groups is 1. The summed E-state index contributed by atoms with van der Waals surface area (Å²) in [6.07, 6.45) is 2.54. The maximum Gasteiger partial charge on any atom is 0.223 e. The second-order valence-corrected chi connectivity index (χ2v) is 6.05. The van der Waals surface area contributed by atoms with Crippen molar-refractivity contribution in [3.05, 3.63) is 41.8 Å². The molecule has 1 amide bonds. The van der Waals surface area contributed by atoms with Crippen molar-refractivity contribution in [3.63, 3.8) is 0 Å². The number of likely N-dealkylation sites (tertiary alicyclic amines) is 1. The predicted molar refractivity (Wildman–Crippen MR) is 83.4 cm³/mol. The first kappa shape index (κ1) is 15.6. The number of aryl methyl sites for hydroxylation is 1. The van der Waals surface area contributed by atoms with Crippen LogP contribution >= 0.6 is 0 Å². The molecule has 1 saturated heterocycles. The van der Waals surface area contributed by atoms with Gasteiger partial charge in [0, 0.05) is 39.2 Å². The van der Waals surface area contributed by atoms with Gasteiger partial charge in [0.05, 0.1) is 5.69 Å². The number of aromatic nitrogens is 3. The highest BCUT2D eigenvalue weighted by molar-refractivity contribution is 5.74. The topological polar surface area (TPSA) is 84.2 Å². The van der Waals surface area contributed by atoms with Gasteiger partial charge in [0.15, 0.2) is 5.82 Å². The standard InChI is InChI=1S/C16H21N5O2/c1-11(14-6-4-5-8-17-14)21-9-7-16(10-21,19-12(2)22)15-18-13(3)23-20-15/h4-6,8,11H,7,9-10H2,1-3H3,(H,19,22)/t11-,16-/m1/s1. The molecule has 2 atom stereocenters. The zero-order chi connectivity index (χ0) is 16.4. The first-order valence-electron chi connectivity index (χ1n) is 7.75. The predicted octanol–water partition coefficient (Wildman–Crippen LogP) is 1.57. The second-order valence-electron chi connectivity index (χ2n) is 6.05. The maximum absolute atomic E-state index is 11.7. The largest absolute Gasteiger partial charge is 0.342 e. The Labute approximate surface area is 135 Å². The molecule has 0 bridgehead atoms. The van der Waals surface area contributed by atoms with Crippen molar-refractivity contribution in [3.8, 4) is 0 Å². The highest BCUT2D eigenvalue weighted by Crippen LogP contribution is 2.34. The van der Waals surface area contributed by atoms with Gasteiger partial charge < -0.3 is 9.84 Å². The third kappa shape index (κ3) is 3.10. The lowest BCUT2D eigenvalue weighted by Gasteiger charge is -2.29. The summed E-state index contributed by atoms with van der Waals surface area (Å²) in [6, 6.07) is 6.06. The molecule has 3 rings (SSSR count). The van der Waals surface area contributed by atoms with Crippen LogP contribution in [0.3, 0.4) is 0 Å². The van der Waals surface area contributed by atoms with Crippen molar-refractivity contribution in [2.24, 2.45) is 0 Å². The number of rotatable bonds is 4. The van der Waals surface area contributed by atoms with Crippen LogP contribution in [-0.4, -0.2) is 39.0 Å². The molecule has 1 N–H and O–H groups in total. The van der Waals surface area contributed by atoms with E-state index >= 15 is 0 Å². The van der Waals surface area contributed by atoms with E-state index in [1.54, 1.807) is 13.1 Å². The molecule has 1 aliphatic rings. The molecule has 0 saturated carbocycles. The van der Waals surface area contributed by atoms with Crippen molar-refractivity contribution >= 4 is 5.91 Å². The Kier molecular flexibility index (Phi) is 4.12. The van der Waals surface area contributed by atoms with Crippen molar-refractivity contribution in [2.45, 2.75) is 38.8 Å². The fourth-order valence-corrected chi connectivity index (χ4v) is 3.15. The number of nitrogens with one attached hydrogen (secondary N) is 1. The summed E-state index contributed by atoms with van der Waals surface area (Å²) in [5, 5.41) is 7.08. The molecule has 0 aromatic carbocycles. The van der Waals surface area contributed by atoms with E-state index in [4.69, 9.17) is 4.52 Å². The molecule has 23 heavy (non-hydrogen) atoms. The van der Waals surface area contributed by atoms with Crippen LogP contribution in [0.25, 0.3) is 0 Å². The van der Waals surface area contributed by atoms with Gasteiger partial charge in [-0.2, -0.15) is 4.98 Å². The number of amides is 1. The SMILES string of the molecule is CC(=O)N[C@]1(c2noc(C)n2)CCN([C@H](C)c2ccccn2)C1. The summed E-state index contributed by atoms with van der Waals surface area (Å²) < 4.78 is 5.12. The normalized spacial score (nSPS) is 22.9. The first-order valence-corrected chi connectivity index (χ1v) is 7.75. The van der Waals surface area contributed by atoms with Crippen LogP contribution in [0.5, 0.6) is 0 Å². The lowest BCUT2D eigenvalue weighted by Crippen LogP contribution is -2.48. The van der Waals surface area contributed by atoms with Crippen LogP contribution in [0.2, 0.25) is 0 Å². The van der Waals surface area contributed by atoms with E-state index in [1.807, 2.05) is 18.2 Å². The Bertz CT molecular complexity index is 687. The molecule has 0 spiro atoms. The first-order chi connectivity index (χ1) is 11.0. The Hall–Kier alpha value is -2.28. The Balaban J connectivity index is 1.85. The number of hydrogen-bond donors (Lipinski definition) is 1. The van der Waals surface area contributed by atoms with Crippen LogP contribution in [-0.2, 0) is 10.3 Å². The smallest absolute Gasteiger partial charge is 0.223 e. The maximum atomic E-state index is 11.7. The zero-order valence-electron chi connectivity index (χ0n) is 13.6. The lowest BCUT2D eigenvalue weighted by molar-refractivity contribution is -0.121. The van der Waals surface area contributed by atoms with E-state index in [0.29, 0.717) is 18.3 Å². The molecule has 2 aromatic heterocycles. The Morgan fingerprint density at radius 2 is 2.30 bits per heavy atom. The number of hydrogen-bond acceptors (Lipinski definition) is 6. The van der Waals surface area contributed by atoms with Gasteiger partial charge in [-0.3, -0.25) is 14.7 Å². The third-order valence-corrected chi connectivity index (χ3v) is 4.33. The van der Waals surface area contributed by atoms with Gasteiger partial charge >= 0.3 is 0 Å². The van der Waals surface area contributed by atoms with Gasteiger partial charge in [0.25, 0.3) is 0 Å². The van der Waals surface area contributed by atoms with Gasteiger partial charge in [-0.1, -0.05) is 11.2 Å². The van der Waals surface area contributed by atoms with Crippen LogP contribution < -0.4 is 5.32 Å². The molecule has 7 nitrogen and oxygen atoms in total. The van der Waals surface area contributed by atoms with Gasteiger partial charge in [-0.05, 0) is 25.5 Å². The molecule has 1 fully saturated rings. The lowest BCUT2D eigenvalue weighted by atomic mass is 9.97. The summed E-state index contributed by atoms with van der Waals surface area (Å²) in [7, 11) is 0. The van der Waals surface area contributed by atoms with Crippen molar-refractivity contribution < 1.29 is 9.32 Å². The average Bonchev–Trinajstić information content (AvgIpc) is 3.14. The monoisotopic (exact) mass is 315 g/mol. The van der Waals surface area contributed by atoms with Crippen molar-refractivity contribution in [1.82, 2.24) is 25.3 Å². The van der Waals surface area contributed by atoms with Crippen LogP contribution in [0.15, 0.2) is 28.9 Å². The van der Waals surface area contributed by atoms with Crippen LogP contribution in [0, 0.1) is 6.92 Å². The fourth-order valence-electron chi connectivity index (χ4n) is 3.15. The Morgan fingerprint density at radius 3 is 2.91 bits per heavy atom. The van der Waals surface area contributed by atoms with Gasteiger partial charge in [-0.25, -0.2) is 0 Å². The van der Waals surface area contributed by atoms with Crippen molar-refractivity contribution in [2.75, 3.05) is 13.1 Å². The minimum atomic E-state index is -0.605. The summed E-state index contributed by atoms with van der Waals surface area (Å²) in [6.45, 7) is 6.84. The summed E-state index contributed by atoms with van der Waals surface area (Å²) in [5.41, 5.74) is 0.405. The van der Waals surface area contributed by atoms with E-state index in [2.05, 4.69) is 32.3 Å². The van der Waals surface area contributed by atoms with E-state index in [9.17, 15) is 4.79 Å². The van der Waals surface area contributed by atoms with E-state index in [0.717, 1.165) is 18.7 Å². The van der Waals surface area contributed by atoms with Gasteiger partial charge in [0.1, 0.15) is 5.54 Å². The van der Waals surface area contributed by atoms with E-state index in [1.165, 1.54) is 6.92 Å². The molecule has 2 aromatic rings. The van der Waals surface area contributed by atoms with Gasteiger partial charge in [0.2, 0.25) is 11.8 Å². The minimum absolute atomic E-state index is 0.0974. The molecule has 0 radical (unpaired) electrons. The molecule has 0 aliphatic carbocycles. The quantitative estimate of drug-likeness (QED) is 0.922. The zero-order valence-corrected chi connectivity index (χ0v) is 13.6. The number of carbonyl (C=O) groups excluding carboxylic acids is 1. The highest BCUT2D eigenvalue weighted by Gasteiger charge is 2.45. The van der Waals surface area contributed by atoms with E-state index < -0.39 is 5.54 Å². The van der Waals surface area contributed by atoms with Gasteiger partial charge in [-0.15, -0.1) is 0 Å². The summed E-state index contributed by atoms with van der Waals surface area (Å²) in [4.78, 5) is 22.8.